The van der Waals surface area contributed by atoms with Crippen molar-refractivity contribution >= 4 is 17.8 Å². The lowest BCUT2D eigenvalue weighted by atomic mass is 9.74. The van der Waals surface area contributed by atoms with E-state index in [2.05, 4.69) is 15.0 Å². The van der Waals surface area contributed by atoms with Gasteiger partial charge in [0.25, 0.3) is 0 Å². The van der Waals surface area contributed by atoms with E-state index >= 15 is 0 Å². The average molecular weight is 278 g/mol. The molecule has 6 heteroatoms. The molecule has 1 aromatic heterocycles. The van der Waals surface area contributed by atoms with E-state index in [0.29, 0.717) is 17.1 Å². The zero-order valence-corrected chi connectivity index (χ0v) is 11.6. The van der Waals surface area contributed by atoms with Crippen LogP contribution in [0.2, 0.25) is 0 Å². The molecule has 1 aliphatic rings. The Kier molecular flexibility index (Phi) is 3.92. The van der Waals surface area contributed by atoms with Crippen molar-refractivity contribution in [2.45, 2.75) is 38.1 Å². The number of ether oxygens (including phenoxy) is 1. The van der Waals surface area contributed by atoms with Crippen LogP contribution >= 0.6 is 0 Å². The van der Waals surface area contributed by atoms with Crippen LogP contribution in [0.15, 0.2) is 12.1 Å². The zero-order chi connectivity index (χ0) is 14.8. The minimum atomic E-state index is -0.819. The van der Waals surface area contributed by atoms with Gasteiger partial charge in [-0.15, -0.1) is 0 Å². The molecule has 0 aromatic carbocycles. The summed E-state index contributed by atoms with van der Waals surface area (Å²) < 4.78 is 4.67. The van der Waals surface area contributed by atoms with Crippen LogP contribution in [-0.2, 0) is 9.53 Å². The predicted octanol–water partition coefficient (Wildman–Crippen LogP) is 1.99. The number of pyridine rings is 1. The van der Waals surface area contributed by atoms with Crippen molar-refractivity contribution in [2.24, 2.45) is 0 Å². The van der Waals surface area contributed by atoms with Crippen molar-refractivity contribution in [2.75, 3.05) is 12.4 Å². The molecule has 1 aliphatic carbocycles. The van der Waals surface area contributed by atoms with Crippen LogP contribution in [0.1, 0.15) is 41.7 Å². The summed E-state index contributed by atoms with van der Waals surface area (Å²) in [5, 5.41) is 12.2. The lowest BCUT2D eigenvalue weighted by Gasteiger charge is -2.42. The number of aliphatic carboxylic acids is 1. The molecule has 1 heterocycles. The zero-order valence-electron chi connectivity index (χ0n) is 11.6. The maximum Gasteiger partial charge on any atom is 0.339 e. The van der Waals surface area contributed by atoms with Crippen LogP contribution in [0.3, 0.4) is 0 Å². The fourth-order valence-corrected chi connectivity index (χ4v) is 2.47. The van der Waals surface area contributed by atoms with Crippen molar-refractivity contribution in [3.8, 4) is 0 Å². The number of carbonyl (C=O) groups excluding carboxylic acids is 1. The molecule has 108 valence electrons. The first-order valence-corrected chi connectivity index (χ1v) is 6.52. The summed E-state index contributed by atoms with van der Waals surface area (Å²) in [6.45, 7) is 1.72. The average Bonchev–Trinajstić information content (AvgIpc) is 2.35. The maximum absolute atomic E-state index is 11.5. The minimum Gasteiger partial charge on any atom is -0.481 e. The van der Waals surface area contributed by atoms with Gasteiger partial charge in [0.1, 0.15) is 5.82 Å². The van der Waals surface area contributed by atoms with E-state index in [1.165, 1.54) is 7.11 Å². The smallest absolute Gasteiger partial charge is 0.339 e. The molecule has 0 unspecified atom stereocenters. The number of carboxylic acids is 1. The Morgan fingerprint density at radius 2 is 2.15 bits per heavy atom. The highest BCUT2D eigenvalue weighted by Crippen LogP contribution is 2.37. The first-order valence-electron chi connectivity index (χ1n) is 6.52. The van der Waals surface area contributed by atoms with E-state index in [4.69, 9.17) is 5.11 Å². The number of hydrogen-bond donors (Lipinski definition) is 2. The quantitative estimate of drug-likeness (QED) is 0.801. The van der Waals surface area contributed by atoms with Gasteiger partial charge in [-0.05, 0) is 38.3 Å². The Balaban J connectivity index is 2.16. The number of hydrogen-bond acceptors (Lipinski definition) is 5. The lowest BCUT2D eigenvalue weighted by molar-refractivity contribution is -0.138. The SMILES string of the molecule is COC(=O)c1ccc(NC2(CC(=O)O)CCC2)nc1C. The largest absolute Gasteiger partial charge is 0.481 e. The molecule has 0 atom stereocenters. The molecular weight excluding hydrogens is 260 g/mol. The Hall–Kier alpha value is -2.11. The molecule has 1 saturated carbocycles. The fraction of sp³-hybridized carbons (Fsp3) is 0.500. The maximum atomic E-state index is 11.5. The third-order valence-corrected chi connectivity index (χ3v) is 3.68. The Labute approximate surface area is 117 Å². The number of carboxylic acid groups (broad SMARTS) is 1. The molecule has 0 saturated heterocycles. The van der Waals surface area contributed by atoms with Crippen molar-refractivity contribution in [3.05, 3.63) is 23.4 Å². The number of nitrogens with one attached hydrogen (secondary N) is 1. The highest BCUT2D eigenvalue weighted by atomic mass is 16.5. The number of anilines is 1. The summed E-state index contributed by atoms with van der Waals surface area (Å²) in [7, 11) is 1.32. The van der Waals surface area contributed by atoms with Crippen molar-refractivity contribution in [1.82, 2.24) is 4.98 Å². The van der Waals surface area contributed by atoms with Gasteiger partial charge in [-0.3, -0.25) is 4.79 Å². The van der Waals surface area contributed by atoms with Crippen LogP contribution in [0, 0.1) is 6.92 Å². The molecule has 2 N–H and O–H groups in total. The third-order valence-electron chi connectivity index (χ3n) is 3.68. The number of rotatable bonds is 5. The molecule has 1 aromatic rings. The third kappa shape index (κ3) is 2.89. The van der Waals surface area contributed by atoms with Gasteiger partial charge in [0.05, 0.1) is 24.8 Å². The second-order valence-corrected chi connectivity index (χ2v) is 5.15. The van der Waals surface area contributed by atoms with Gasteiger partial charge in [-0.1, -0.05) is 0 Å². The number of nitrogens with zero attached hydrogens (tertiary/aromatic N) is 1. The van der Waals surface area contributed by atoms with Gasteiger partial charge in [0.15, 0.2) is 0 Å². The Bertz CT molecular complexity index is 538. The normalized spacial score (nSPS) is 16.1. The Morgan fingerprint density at radius 1 is 1.45 bits per heavy atom. The van der Waals surface area contributed by atoms with Crippen molar-refractivity contribution in [3.63, 3.8) is 0 Å². The van der Waals surface area contributed by atoms with Gasteiger partial charge in [-0.25, -0.2) is 9.78 Å². The van der Waals surface area contributed by atoms with Crippen LogP contribution in [0.5, 0.6) is 0 Å². The number of carbonyl (C=O) groups is 2. The van der Waals surface area contributed by atoms with Crippen LogP contribution < -0.4 is 5.32 Å². The summed E-state index contributed by atoms with van der Waals surface area (Å²) in [4.78, 5) is 26.7. The summed E-state index contributed by atoms with van der Waals surface area (Å²) >= 11 is 0. The van der Waals surface area contributed by atoms with Crippen molar-refractivity contribution in [1.29, 1.82) is 0 Å². The lowest BCUT2D eigenvalue weighted by Crippen LogP contribution is -2.47. The van der Waals surface area contributed by atoms with E-state index in [9.17, 15) is 9.59 Å². The van der Waals surface area contributed by atoms with E-state index in [1.54, 1.807) is 19.1 Å². The molecule has 20 heavy (non-hydrogen) atoms. The number of esters is 1. The van der Waals surface area contributed by atoms with Crippen LogP contribution in [0.25, 0.3) is 0 Å². The van der Waals surface area contributed by atoms with Gasteiger partial charge in [0.2, 0.25) is 0 Å². The molecule has 0 spiro atoms. The van der Waals surface area contributed by atoms with Gasteiger partial charge in [-0.2, -0.15) is 0 Å². The topological polar surface area (TPSA) is 88.5 Å². The Morgan fingerprint density at radius 3 is 2.60 bits per heavy atom. The fourth-order valence-electron chi connectivity index (χ4n) is 2.47. The molecule has 0 amide bonds. The summed E-state index contributed by atoms with van der Waals surface area (Å²) in [5.41, 5.74) is 0.573. The molecule has 1 fully saturated rings. The molecular formula is C14H18N2O4. The minimum absolute atomic E-state index is 0.0759. The second kappa shape index (κ2) is 5.48. The van der Waals surface area contributed by atoms with Gasteiger partial charge >= 0.3 is 11.9 Å². The first-order chi connectivity index (χ1) is 9.46. The van der Waals surface area contributed by atoms with Crippen molar-refractivity contribution < 1.29 is 19.4 Å². The molecule has 0 radical (unpaired) electrons. The highest BCUT2D eigenvalue weighted by molar-refractivity contribution is 5.90. The number of aryl methyl sites for hydroxylation is 1. The van der Waals surface area contributed by atoms with Crippen LogP contribution in [0.4, 0.5) is 5.82 Å². The van der Waals surface area contributed by atoms with E-state index in [1.807, 2.05) is 0 Å². The molecule has 0 aliphatic heterocycles. The molecule has 6 nitrogen and oxygen atoms in total. The standard InChI is InChI=1S/C14H18N2O4/c1-9-10(13(19)20-2)4-5-11(15-9)16-14(6-3-7-14)8-12(17)18/h4-5H,3,6-8H2,1-2H3,(H,15,16)(H,17,18). The van der Waals surface area contributed by atoms with Gasteiger partial charge in [0, 0.05) is 5.54 Å². The summed E-state index contributed by atoms with van der Waals surface area (Å²) in [5.74, 6) is -0.651. The second-order valence-electron chi connectivity index (χ2n) is 5.15. The summed E-state index contributed by atoms with van der Waals surface area (Å²) in [6.07, 6.45) is 2.73. The van der Waals surface area contributed by atoms with Gasteiger partial charge < -0.3 is 15.2 Å². The van der Waals surface area contributed by atoms with E-state index < -0.39 is 17.5 Å². The predicted molar refractivity (Wildman–Crippen MR) is 72.8 cm³/mol. The first kappa shape index (κ1) is 14.3. The summed E-state index contributed by atoms with van der Waals surface area (Å²) in [6, 6.07) is 3.32. The van der Waals surface area contributed by atoms with E-state index in [-0.39, 0.29) is 6.42 Å². The molecule has 2 rings (SSSR count). The number of aromatic nitrogens is 1. The number of methoxy groups -OCH3 is 1. The highest BCUT2D eigenvalue weighted by Gasteiger charge is 2.39. The molecule has 0 bridgehead atoms. The van der Waals surface area contributed by atoms with Crippen LogP contribution in [-0.4, -0.2) is 34.7 Å². The monoisotopic (exact) mass is 278 g/mol. The van der Waals surface area contributed by atoms with E-state index in [0.717, 1.165) is 19.3 Å².